The molecule has 1 aromatic carbocycles. The van der Waals surface area contributed by atoms with Gasteiger partial charge in [0.2, 0.25) is 0 Å². The molecule has 72 valence electrons. The van der Waals surface area contributed by atoms with Crippen molar-refractivity contribution in [2.75, 3.05) is 0 Å². The first-order chi connectivity index (χ1) is 6.66. The number of hydrogen-bond donors (Lipinski definition) is 1. The number of fused-ring (bicyclic) bond motifs is 1. The molecule has 2 rings (SSSR count). The molecule has 1 aromatic heterocycles. The summed E-state index contributed by atoms with van der Waals surface area (Å²) in [7, 11) is 0. The molecule has 3 nitrogen and oxygen atoms in total. The van der Waals surface area contributed by atoms with Gasteiger partial charge in [-0.25, -0.2) is 9.97 Å². The van der Waals surface area contributed by atoms with E-state index in [1.54, 1.807) is 6.20 Å². The van der Waals surface area contributed by atoms with Gasteiger partial charge in [-0.05, 0) is 19.1 Å². The quantitative estimate of drug-likeness (QED) is 0.847. The summed E-state index contributed by atoms with van der Waals surface area (Å²) in [6.45, 7) is 1.87. The highest BCUT2D eigenvalue weighted by Crippen LogP contribution is 2.18. The van der Waals surface area contributed by atoms with Crippen LogP contribution in [0.5, 0.6) is 0 Å². The van der Waals surface area contributed by atoms with Gasteiger partial charge in [0.25, 0.3) is 0 Å². The van der Waals surface area contributed by atoms with Crippen LogP contribution in [0.25, 0.3) is 10.9 Å². The maximum atomic E-state index is 5.71. The molecule has 0 radical (unpaired) electrons. The van der Waals surface area contributed by atoms with Crippen LogP contribution >= 0.6 is 15.9 Å². The summed E-state index contributed by atoms with van der Waals surface area (Å²) in [6, 6.07) is 5.78. The third-order valence-corrected chi connectivity index (χ3v) is 2.46. The monoisotopic (exact) mass is 251 g/mol. The Kier molecular flexibility index (Phi) is 2.48. The van der Waals surface area contributed by atoms with Crippen LogP contribution < -0.4 is 5.73 Å². The van der Waals surface area contributed by atoms with Crippen molar-refractivity contribution in [3.8, 4) is 0 Å². The normalized spacial score (nSPS) is 13.1. The van der Waals surface area contributed by atoms with Gasteiger partial charge < -0.3 is 5.73 Å². The maximum Gasteiger partial charge on any atom is 0.145 e. The highest BCUT2D eigenvalue weighted by atomic mass is 79.9. The van der Waals surface area contributed by atoms with Gasteiger partial charge in [0.15, 0.2) is 0 Å². The molecule has 1 heterocycles. The Morgan fingerprint density at radius 3 is 2.93 bits per heavy atom. The molecule has 0 saturated carbocycles. The van der Waals surface area contributed by atoms with E-state index in [9.17, 15) is 0 Å². The van der Waals surface area contributed by atoms with E-state index in [1.165, 1.54) is 0 Å². The second kappa shape index (κ2) is 3.63. The van der Waals surface area contributed by atoms with Crippen molar-refractivity contribution >= 4 is 26.8 Å². The highest BCUT2D eigenvalue weighted by Gasteiger charge is 2.04. The van der Waals surface area contributed by atoms with Crippen LogP contribution in [0.2, 0.25) is 0 Å². The summed E-state index contributed by atoms with van der Waals surface area (Å²) in [5.41, 5.74) is 6.62. The van der Waals surface area contributed by atoms with Crippen molar-refractivity contribution in [1.82, 2.24) is 9.97 Å². The molecular formula is C10H10BrN3. The van der Waals surface area contributed by atoms with E-state index in [-0.39, 0.29) is 6.04 Å². The Morgan fingerprint density at radius 2 is 2.21 bits per heavy atom. The standard InChI is InChI=1S/C10H10BrN3/c1-6(12)10-13-5-7-2-3-8(11)4-9(7)14-10/h2-6H,12H2,1H3. The summed E-state index contributed by atoms with van der Waals surface area (Å²) in [6.07, 6.45) is 1.80. The van der Waals surface area contributed by atoms with Gasteiger partial charge in [0, 0.05) is 16.1 Å². The van der Waals surface area contributed by atoms with Gasteiger partial charge in [-0.15, -0.1) is 0 Å². The lowest BCUT2D eigenvalue weighted by molar-refractivity contribution is 0.746. The van der Waals surface area contributed by atoms with Gasteiger partial charge >= 0.3 is 0 Å². The summed E-state index contributed by atoms with van der Waals surface area (Å²) in [5.74, 6) is 0.676. The fourth-order valence-electron chi connectivity index (χ4n) is 1.23. The predicted octanol–water partition coefficient (Wildman–Crippen LogP) is 2.41. The number of nitrogens with two attached hydrogens (primary N) is 1. The molecule has 4 heteroatoms. The van der Waals surface area contributed by atoms with Crippen molar-refractivity contribution in [3.05, 3.63) is 34.7 Å². The molecule has 2 aromatic rings. The summed E-state index contributed by atoms with van der Waals surface area (Å²) in [4.78, 5) is 8.55. The highest BCUT2D eigenvalue weighted by molar-refractivity contribution is 9.10. The summed E-state index contributed by atoms with van der Waals surface area (Å²) in [5, 5.41) is 1.03. The predicted molar refractivity (Wildman–Crippen MR) is 59.8 cm³/mol. The second-order valence-electron chi connectivity index (χ2n) is 3.22. The molecule has 0 bridgehead atoms. The summed E-state index contributed by atoms with van der Waals surface area (Å²) < 4.78 is 1.01. The zero-order valence-electron chi connectivity index (χ0n) is 7.74. The van der Waals surface area contributed by atoms with Gasteiger partial charge in [-0.1, -0.05) is 22.0 Å². The largest absolute Gasteiger partial charge is 0.322 e. The van der Waals surface area contributed by atoms with E-state index in [2.05, 4.69) is 25.9 Å². The summed E-state index contributed by atoms with van der Waals surface area (Å²) >= 11 is 3.40. The number of aromatic nitrogens is 2. The van der Waals surface area contributed by atoms with Gasteiger partial charge in [-0.2, -0.15) is 0 Å². The fourth-order valence-corrected chi connectivity index (χ4v) is 1.58. The van der Waals surface area contributed by atoms with Crippen LogP contribution in [0.4, 0.5) is 0 Å². The Hall–Kier alpha value is -1.00. The Morgan fingerprint density at radius 1 is 1.43 bits per heavy atom. The van der Waals surface area contributed by atoms with Gasteiger partial charge in [0.05, 0.1) is 11.6 Å². The fraction of sp³-hybridized carbons (Fsp3) is 0.200. The van der Waals surface area contributed by atoms with Crippen molar-refractivity contribution in [2.24, 2.45) is 5.73 Å². The minimum absolute atomic E-state index is 0.126. The van der Waals surface area contributed by atoms with E-state index in [0.717, 1.165) is 15.4 Å². The average Bonchev–Trinajstić information content (AvgIpc) is 2.16. The number of rotatable bonds is 1. The van der Waals surface area contributed by atoms with Crippen LogP contribution in [-0.4, -0.2) is 9.97 Å². The SMILES string of the molecule is CC(N)c1ncc2ccc(Br)cc2n1. The number of halogens is 1. The average molecular weight is 252 g/mol. The van der Waals surface area contributed by atoms with Crippen molar-refractivity contribution in [2.45, 2.75) is 13.0 Å². The molecule has 2 N–H and O–H groups in total. The van der Waals surface area contributed by atoms with Crippen LogP contribution in [0, 0.1) is 0 Å². The first kappa shape index (κ1) is 9.55. The molecule has 0 amide bonds. The zero-order valence-corrected chi connectivity index (χ0v) is 9.32. The van der Waals surface area contributed by atoms with Crippen molar-refractivity contribution < 1.29 is 0 Å². The molecule has 0 aliphatic carbocycles. The Labute approximate surface area is 90.5 Å². The lowest BCUT2D eigenvalue weighted by Crippen LogP contribution is -2.09. The van der Waals surface area contributed by atoms with Gasteiger partial charge in [-0.3, -0.25) is 0 Å². The smallest absolute Gasteiger partial charge is 0.145 e. The molecule has 1 atom stereocenters. The molecule has 0 fully saturated rings. The van der Waals surface area contributed by atoms with E-state index >= 15 is 0 Å². The lowest BCUT2D eigenvalue weighted by atomic mass is 10.2. The molecular weight excluding hydrogens is 242 g/mol. The number of hydrogen-bond acceptors (Lipinski definition) is 3. The van der Waals surface area contributed by atoms with Crippen LogP contribution in [0.3, 0.4) is 0 Å². The molecule has 14 heavy (non-hydrogen) atoms. The lowest BCUT2D eigenvalue weighted by Gasteiger charge is -2.04. The molecule has 0 aliphatic heterocycles. The molecule has 1 unspecified atom stereocenters. The van der Waals surface area contributed by atoms with Gasteiger partial charge in [0.1, 0.15) is 5.82 Å². The first-order valence-electron chi connectivity index (χ1n) is 4.34. The maximum absolute atomic E-state index is 5.71. The van der Waals surface area contributed by atoms with Crippen LogP contribution in [0.1, 0.15) is 18.8 Å². The minimum Gasteiger partial charge on any atom is -0.322 e. The van der Waals surface area contributed by atoms with E-state index in [0.29, 0.717) is 5.82 Å². The van der Waals surface area contributed by atoms with E-state index in [1.807, 2.05) is 25.1 Å². The molecule has 0 aliphatic rings. The third kappa shape index (κ3) is 1.76. The number of benzene rings is 1. The van der Waals surface area contributed by atoms with Crippen molar-refractivity contribution in [3.63, 3.8) is 0 Å². The third-order valence-electron chi connectivity index (χ3n) is 1.97. The second-order valence-corrected chi connectivity index (χ2v) is 4.14. The van der Waals surface area contributed by atoms with Crippen molar-refractivity contribution in [1.29, 1.82) is 0 Å². The molecule has 0 spiro atoms. The van der Waals surface area contributed by atoms with Crippen LogP contribution in [-0.2, 0) is 0 Å². The topological polar surface area (TPSA) is 51.8 Å². The van der Waals surface area contributed by atoms with E-state index in [4.69, 9.17) is 5.73 Å². The number of nitrogens with zero attached hydrogens (tertiary/aromatic N) is 2. The Balaban J connectivity index is 2.63. The van der Waals surface area contributed by atoms with E-state index < -0.39 is 0 Å². The molecule has 0 saturated heterocycles. The van der Waals surface area contributed by atoms with Crippen LogP contribution in [0.15, 0.2) is 28.9 Å². The Bertz CT molecular complexity index is 468. The first-order valence-corrected chi connectivity index (χ1v) is 5.14. The minimum atomic E-state index is -0.126. The zero-order chi connectivity index (χ0) is 10.1.